The van der Waals surface area contributed by atoms with Crippen LogP contribution in [-0.2, 0) is 16.0 Å². The minimum absolute atomic E-state index is 0.154. The summed E-state index contributed by atoms with van der Waals surface area (Å²) in [6.07, 6.45) is 8.94. The fourth-order valence-electron chi connectivity index (χ4n) is 3.10. The zero-order valence-corrected chi connectivity index (χ0v) is 18.6. The number of carbonyl (C=O) groups is 2. The van der Waals surface area contributed by atoms with E-state index < -0.39 is 5.97 Å². The van der Waals surface area contributed by atoms with Crippen LogP contribution >= 0.6 is 11.8 Å². The number of carboxylic acid groups (broad SMARTS) is 1. The molecule has 160 valence electrons. The van der Waals surface area contributed by atoms with Crippen LogP contribution in [0, 0.1) is 6.92 Å². The van der Waals surface area contributed by atoms with Crippen LogP contribution in [0.3, 0.4) is 0 Å². The number of aliphatic carboxylic acids is 1. The lowest BCUT2D eigenvalue weighted by Crippen LogP contribution is -2.08. The Bertz CT molecular complexity index is 876. The predicted molar refractivity (Wildman–Crippen MR) is 126 cm³/mol. The van der Waals surface area contributed by atoms with Crippen LogP contribution in [0.5, 0.6) is 0 Å². The Kier molecular flexibility index (Phi) is 10.2. The molecule has 0 fully saturated rings. The van der Waals surface area contributed by atoms with Gasteiger partial charge in [-0.25, -0.2) is 0 Å². The molecule has 0 saturated heterocycles. The summed E-state index contributed by atoms with van der Waals surface area (Å²) in [7, 11) is 0. The molecule has 0 atom stereocenters. The molecule has 2 aromatic carbocycles. The molecule has 30 heavy (non-hydrogen) atoms. The molecule has 0 unspecified atom stereocenters. The molecular weight excluding hydrogens is 394 g/mol. The van der Waals surface area contributed by atoms with Gasteiger partial charge in [0.1, 0.15) is 0 Å². The summed E-state index contributed by atoms with van der Waals surface area (Å²) in [4.78, 5) is 24.0. The van der Waals surface area contributed by atoms with Gasteiger partial charge in [0.2, 0.25) is 5.91 Å². The molecule has 0 saturated carbocycles. The lowest BCUT2D eigenvalue weighted by Gasteiger charge is -2.09. The molecular formula is C25H31NO3S. The number of hydrogen-bond acceptors (Lipinski definition) is 3. The minimum atomic E-state index is -0.786. The highest BCUT2D eigenvalue weighted by atomic mass is 32.2. The van der Waals surface area contributed by atoms with E-state index in [1.54, 1.807) is 17.8 Å². The lowest BCUT2D eigenvalue weighted by atomic mass is 10.0. The number of hydrogen-bond donors (Lipinski definition) is 2. The second-order valence-corrected chi connectivity index (χ2v) is 8.45. The van der Waals surface area contributed by atoms with Crippen LogP contribution in [0.15, 0.2) is 53.4 Å². The molecule has 2 rings (SSSR count). The van der Waals surface area contributed by atoms with Crippen molar-refractivity contribution < 1.29 is 14.7 Å². The number of benzene rings is 2. The first-order valence-electron chi connectivity index (χ1n) is 10.5. The van der Waals surface area contributed by atoms with Crippen molar-refractivity contribution in [1.29, 1.82) is 0 Å². The van der Waals surface area contributed by atoms with E-state index in [2.05, 4.69) is 37.4 Å². The maximum Gasteiger partial charge on any atom is 0.303 e. The second-order valence-electron chi connectivity index (χ2n) is 7.31. The highest BCUT2D eigenvalue weighted by Crippen LogP contribution is 2.28. The van der Waals surface area contributed by atoms with E-state index in [1.165, 1.54) is 30.4 Å². The van der Waals surface area contributed by atoms with Crippen LogP contribution in [0.4, 0.5) is 5.69 Å². The lowest BCUT2D eigenvalue weighted by molar-refractivity contribution is -0.137. The summed E-state index contributed by atoms with van der Waals surface area (Å²) < 4.78 is 0. The fraction of sp³-hybridized carbons (Fsp3) is 0.360. The van der Waals surface area contributed by atoms with Crippen LogP contribution in [0.25, 0.3) is 6.08 Å². The van der Waals surface area contributed by atoms with Crippen molar-refractivity contribution in [1.82, 2.24) is 0 Å². The molecule has 2 N–H and O–H groups in total. The summed E-state index contributed by atoms with van der Waals surface area (Å²) in [6.45, 7) is 4.28. The average molecular weight is 426 g/mol. The summed E-state index contributed by atoms with van der Waals surface area (Å²) in [5.41, 5.74) is 4.30. The van der Waals surface area contributed by atoms with E-state index in [9.17, 15) is 9.59 Å². The van der Waals surface area contributed by atoms with Gasteiger partial charge in [0.15, 0.2) is 0 Å². The van der Waals surface area contributed by atoms with Crippen LogP contribution in [-0.4, -0.2) is 22.7 Å². The Balaban J connectivity index is 1.94. The summed E-state index contributed by atoms with van der Waals surface area (Å²) >= 11 is 1.56. The molecule has 5 heteroatoms. The highest BCUT2D eigenvalue weighted by molar-refractivity contribution is 7.99. The standard InChI is InChI=1S/C25H31NO3S/c1-3-4-5-9-20-13-14-21(19(2)18-20)15-16-24(27)26-22-10-6-7-11-23(22)30-17-8-12-25(28)29/h6-7,10-11,13-16,18H,3-5,8-9,12,17H2,1-2H3,(H,26,27)(H,28,29)/b16-15+. The van der Waals surface area contributed by atoms with E-state index in [0.717, 1.165) is 22.6 Å². The topological polar surface area (TPSA) is 66.4 Å². The number of rotatable bonds is 12. The summed E-state index contributed by atoms with van der Waals surface area (Å²) in [5, 5.41) is 11.7. The zero-order valence-electron chi connectivity index (χ0n) is 17.8. The van der Waals surface area contributed by atoms with E-state index in [4.69, 9.17) is 5.11 Å². The number of aryl methyl sites for hydroxylation is 2. The van der Waals surface area contributed by atoms with Gasteiger partial charge < -0.3 is 10.4 Å². The third kappa shape index (κ3) is 8.46. The Labute approximate surface area is 183 Å². The first kappa shape index (κ1) is 23.7. The maximum atomic E-state index is 12.4. The van der Waals surface area contributed by atoms with Crippen LogP contribution in [0.1, 0.15) is 55.7 Å². The summed E-state index contributed by atoms with van der Waals surface area (Å²) in [5.74, 6) is -0.273. The van der Waals surface area contributed by atoms with Gasteiger partial charge in [-0.3, -0.25) is 9.59 Å². The molecule has 4 nitrogen and oxygen atoms in total. The normalized spacial score (nSPS) is 11.0. The molecule has 0 spiro atoms. The van der Waals surface area contributed by atoms with E-state index >= 15 is 0 Å². The molecule has 2 aromatic rings. The van der Waals surface area contributed by atoms with Gasteiger partial charge in [-0.15, -0.1) is 11.8 Å². The third-order valence-corrected chi connectivity index (χ3v) is 5.91. The van der Waals surface area contributed by atoms with E-state index in [-0.39, 0.29) is 12.3 Å². The molecule has 0 aliphatic heterocycles. The van der Waals surface area contributed by atoms with Crippen molar-refractivity contribution in [3.05, 3.63) is 65.2 Å². The number of para-hydroxylation sites is 1. The van der Waals surface area contributed by atoms with Crippen LogP contribution in [0.2, 0.25) is 0 Å². The molecule has 0 aliphatic rings. The van der Waals surface area contributed by atoms with Crippen molar-refractivity contribution in [2.45, 2.75) is 57.3 Å². The third-order valence-electron chi connectivity index (χ3n) is 4.75. The first-order chi connectivity index (χ1) is 14.5. The van der Waals surface area contributed by atoms with Crippen molar-refractivity contribution in [3.63, 3.8) is 0 Å². The van der Waals surface area contributed by atoms with Gasteiger partial charge in [0.05, 0.1) is 5.69 Å². The van der Waals surface area contributed by atoms with Gasteiger partial charge in [0.25, 0.3) is 0 Å². The first-order valence-corrected chi connectivity index (χ1v) is 11.5. The number of carboxylic acids is 1. The van der Waals surface area contributed by atoms with Gasteiger partial charge in [-0.05, 0) is 66.8 Å². The highest BCUT2D eigenvalue weighted by Gasteiger charge is 2.06. The Hall–Kier alpha value is -2.53. The van der Waals surface area contributed by atoms with Gasteiger partial charge in [0, 0.05) is 17.4 Å². The Morgan fingerprint density at radius 3 is 2.63 bits per heavy atom. The Morgan fingerprint density at radius 1 is 1.10 bits per heavy atom. The second kappa shape index (κ2) is 12.9. The average Bonchev–Trinajstić information content (AvgIpc) is 2.72. The van der Waals surface area contributed by atoms with E-state index in [1.807, 2.05) is 30.3 Å². The molecule has 0 bridgehead atoms. The molecule has 0 heterocycles. The molecule has 0 aromatic heterocycles. The monoisotopic (exact) mass is 425 g/mol. The van der Waals surface area contributed by atoms with Gasteiger partial charge in [-0.2, -0.15) is 0 Å². The van der Waals surface area contributed by atoms with Crippen LogP contribution < -0.4 is 5.32 Å². The number of thioether (sulfide) groups is 1. The van der Waals surface area contributed by atoms with Gasteiger partial charge >= 0.3 is 5.97 Å². The van der Waals surface area contributed by atoms with Crippen molar-refractivity contribution in [3.8, 4) is 0 Å². The molecule has 0 aliphatic carbocycles. The Morgan fingerprint density at radius 2 is 1.90 bits per heavy atom. The number of carbonyl (C=O) groups excluding carboxylic acids is 1. The fourth-order valence-corrected chi connectivity index (χ4v) is 4.06. The largest absolute Gasteiger partial charge is 0.481 e. The smallest absolute Gasteiger partial charge is 0.303 e. The van der Waals surface area contributed by atoms with Crippen molar-refractivity contribution in [2.75, 3.05) is 11.1 Å². The molecule has 1 amide bonds. The predicted octanol–water partition coefficient (Wildman–Crippen LogP) is 6.34. The SMILES string of the molecule is CCCCCc1ccc(/C=C/C(=O)Nc2ccccc2SCCCC(=O)O)c(C)c1. The minimum Gasteiger partial charge on any atom is -0.481 e. The van der Waals surface area contributed by atoms with E-state index in [0.29, 0.717) is 12.2 Å². The number of nitrogens with one attached hydrogen (secondary N) is 1. The summed E-state index contributed by atoms with van der Waals surface area (Å²) in [6, 6.07) is 14.0. The van der Waals surface area contributed by atoms with Crippen molar-refractivity contribution >= 4 is 35.4 Å². The number of anilines is 1. The quantitative estimate of drug-likeness (QED) is 0.237. The van der Waals surface area contributed by atoms with Crippen molar-refractivity contribution in [2.24, 2.45) is 0 Å². The molecule has 0 radical (unpaired) electrons. The number of unbranched alkanes of at least 4 members (excludes halogenated alkanes) is 2. The zero-order chi connectivity index (χ0) is 21.8. The number of amides is 1. The maximum absolute atomic E-state index is 12.4. The van der Waals surface area contributed by atoms with Gasteiger partial charge in [-0.1, -0.05) is 50.1 Å².